The topological polar surface area (TPSA) is 67.6 Å². The van der Waals surface area contributed by atoms with Crippen molar-refractivity contribution in [2.24, 2.45) is 5.92 Å². The van der Waals surface area contributed by atoms with Gasteiger partial charge in [-0.1, -0.05) is 31.5 Å². The van der Waals surface area contributed by atoms with Crippen LogP contribution in [0.2, 0.25) is 5.02 Å². The molecule has 0 atom stereocenters. The van der Waals surface area contributed by atoms with Gasteiger partial charge in [0.2, 0.25) is 0 Å². The van der Waals surface area contributed by atoms with E-state index in [0.717, 1.165) is 17.1 Å². The molecule has 30 heavy (non-hydrogen) atoms. The third-order valence-electron chi connectivity index (χ3n) is 5.08. The Kier molecular flexibility index (Phi) is 5.79. The summed E-state index contributed by atoms with van der Waals surface area (Å²) in [5, 5.41) is 0.381. The quantitative estimate of drug-likeness (QED) is 0.474. The van der Waals surface area contributed by atoms with Crippen LogP contribution < -0.4 is 0 Å². The van der Waals surface area contributed by atoms with Crippen molar-refractivity contribution >= 4 is 38.7 Å². The number of halogens is 1. The lowest BCUT2D eigenvalue weighted by Crippen LogP contribution is -2.31. The number of thiophene rings is 1. The van der Waals surface area contributed by atoms with Crippen molar-refractivity contribution in [1.82, 2.24) is 4.90 Å². The molecule has 1 aliphatic heterocycles. The third-order valence-corrected chi connectivity index (χ3v) is 8.21. The molecule has 0 unspecified atom stereocenters. The summed E-state index contributed by atoms with van der Waals surface area (Å²) >= 11 is 7.36. The molecule has 1 amide bonds. The Labute approximate surface area is 185 Å². The van der Waals surface area contributed by atoms with Crippen molar-refractivity contribution in [1.29, 1.82) is 0 Å². The molecule has 1 aliphatic rings. The van der Waals surface area contributed by atoms with E-state index < -0.39 is 9.84 Å². The van der Waals surface area contributed by atoms with Crippen LogP contribution in [0.15, 0.2) is 52.0 Å². The fourth-order valence-electron chi connectivity index (χ4n) is 3.51. The minimum Gasteiger partial charge on any atom is -0.467 e. The van der Waals surface area contributed by atoms with Gasteiger partial charge in [0.1, 0.15) is 5.76 Å². The highest BCUT2D eigenvalue weighted by molar-refractivity contribution is 7.91. The molecule has 5 nitrogen and oxygen atoms in total. The molecule has 1 aromatic carbocycles. The molecule has 0 saturated heterocycles. The number of fused-ring (bicyclic) bond motifs is 3. The normalized spacial score (nSPS) is 14.4. The molecule has 0 radical (unpaired) electrons. The molecule has 0 N–H and O–H groups in total. The van der Waals surface area contributed by atoms with Gasteiger partial charge in [0, 0.05) is 22.0 Å². The monoisotopic (exact) mass is 463 g/mol. The summed E-state index contributed by atoms with van der Waals surface area (Å²) in [7, 11) is -3.49. The van der Waals surface area contributed by atoms with Crippen LogP contribution in [0.25, 0.3) is 10.4 Å². The minimum absolute atomic E-state index is 0.112. The first kappa shape index (κ1) is 21.2. The van der Waals surface area contributed by atoms with Gasteiger partial charge in [0.15, 0.2) is 9.84 Å². The van der Waals surface area contributed by atoms with Crippen LogP contribution in [0.3, 0.4) is 0 Å². The number of hydrogen-bond donors (Lipinski definition) is 0. The van der Waals surface area contributed by atoms with Crippen molar-refractivity contribution in [3.63, 3.8) is 0 Å². The van der Waals surface area contributed by atoms with Gasteiger partial charge in [-0.05, 0) is 48.2 Å². The first-order valence-electron chi connectivity index (χ1n) is 9.71. The highest BCUT2D eigenvalue weighted by Crippen LogP contribution is 2.44. The van der Waals surface area contributed by atoms with E-state index in [1.54, 1.807) is 35.4 Å². The molecule has 0 bridgehead atoms. The van der Waals surface area contributed by atoms with Gasteiger partial charge in [-0.15, -0.1) is 11.3 Å². The Morgan fingerprint density at radius 1 is 1.27 bits per heavy atom. The second-order valence-electron chi connectivity index (χ2n) is 7.85. The highest BCUT2D eigenvalue weighted by Gasteiger charge is 2.32. The lowest BCUT2D eigenvalue weighted by molar-refractivity contribution is 0.0728. The second-order valence-corrected chi connectivity index (χ2v) is 11.3. The SMILES string of the molecule is CC(C)CCN(Cc1ccco1)C(=O)c1cc2c(s1)-c1ccc(Cl)cc1S(=O)(=O)C2. The summed E-state index contributed by atoms with van der Waals surface area (Å²) in [6.07, 6.45) is 2.46. The lowest BCUT2D eigenvalue weighted by Gasteiger charge is -2.22. The molecule has 3 aromatic rings. The second kappa shape index (κ2) is 8.21. The van der Waals surface area contributed by atoms with Crippen LogP contribution >= 0.6 is 22.9 Å². The van der Waals surface area contributed by atoms with E-state index in [1.165, 1.54) is 17.4 Å². The number of nitrogens with zero attached hydrogens (tertiary/aromatic N) is 1. The largest absolute Gasteiger partial charge is 0.467 e. The Morgan fingerprint density at radius 2 is 2.07 bits per heavy atom. The molecular weight excluding hydrogens is 442 g/mol. The zero-order valence-corrected chi connectivity index (χ0v) is 19.1. The zero-order chi connectivity index (χ0) is 21.5. The molecule has 0 spiro atoms. The number of sulfone groups is 1. The molecule has 158 valence electrons. The number of rotatable bonds is 6. The van der Waals surface area contributed by atoms with Crippen LogP contribution in [-0.4, -0.2) is 25.8 Å². The first-order chi connectivity index (χ1) is 14.2. The molecule has 0 aliphatic carbocycles. The van der Waals surface area contributed by atoms with E-state index in [4.69, 9.17) is 16.0 Å². The van der Waals surface area contributed by atoms with Gasteiger partial charge in [-0.2, -0.15) is 0 Å². The Hall–Kier alpha value is -2.09. The number of furan rings is 1. The van der Waals surface area contributed by atoms with Crippen molar-refractivity contribution in [2.75, 3.05) is 6.54 Å². The van der Waals surface area contributed by atoms with Crippen molar-refractivity contribution in [2.45, 2.75) is 37.5 Å². The van der Waals surface area contributed by atoms with Gasteiger partial charge in [-0.3, -0.25) is 4.79 Å². The van der Waals surface area contributed by atoms with Crippen LogP contribution in [0.5, 0.6) is 0 Å². The summed E-state index contributed by atoms with van der Waals surface area (Å²) in [4.78, 5) is 16.7. The Balaban J connectivity index is 1.69. The van der Waals surface area contributed by atoms with E-state index in [2.05, 4.69) is 13.8 Å². The first-order valence-corrected chi connectivity index (χ1v) is 12.6. The summed E-state index contributed by atoms with van der Waals surface area (Å²) in [6.45, 7) is 5.22. The maximum Gasteiger partial charge on any atom is 0.264 e. The summed E-state index contributed by atoms with van der Waals surface area (Å²) in [6, 6.07) is 10.3. The molecule has 0 fully saturated rings. The number of carbonyl (C=O) groups excluding carboxylic acids is 1. The van der Waals surface area contributed by atoms with Crippen molar-refractivity contribution in [3.8, 4) is 10.4 Å². The van der Waals surface area contributed by atoms with E-state index in [1.807, 2.05) is 6.07 Å². The summed E-state index contributed by atoms with van der Waals surface area (Å²) < 4.78 is 30.9. The number of benzene rings is 1. The zero-order valence-electron chi connectivity index (χ0n) is 16.7. The fraction of sp³-hybridized carbons (Fsp3) is 0.318. The van der Waals surface area contributed by atoms with Gasteiger partial charge in [0.25, 0.3) is 5.91 Å². The predicted molar refractivity (Wildman–Crippen MR) is 119 cm³/mol. The summed E-state index contributed by atoms with van der Waals surface area (Å²) in [5.41, 5.74) is 1.28. The maximum absolute atomic E-state index is 13.4. The van der Waals surface area contributed by atoms with Gasteiger partial charge in [0.05, 0.1) is 28.3 Å². The average Bonchev–Trinajstić information content (AvgIpc) is 3.34. The average molecular weight is 464 g/mol. The Bertz CT molecular complexity index is 1180. The predicted octanol–water partition coefficient (Wildman–Crippen LogP) is 5.64. The van der Waals surface area contributed by atoms with E-state index >= 15 is 0 Å². The van der Waals surface area contributed by atoms with E-state index in [0.29, 0.717) is 40.0 Å². The van der Waals surface area contributed by atoms with Crippen molar-refractivity contribution < 1.29 is 17.6 Å². The molecular formula is C22H22ClNO4S2. The summed E-state index contributed by atoms with van der Waals surface area (Å²) in [5.74, 6) is 0.939. The Morgan fingerprint density at radius 3 is 2.77 bits per heavy atom. The third kappa shape index (κ3) is 4.19. The highest BCUT2D eigenvalue weighted by atomic mass is 35.5. The number of amides is 1. The molecule has 4 rings (SSSR count). The maximum atomic E-state index is 13.4. The van der Waals surface area contributed by atoms with Crippen molar-refractivity contribution in [3.05, 3.63) is 63.9 Å². The van der Waals surface area contributed by atoms with Crippen LogP contribution in [0, 0.1) is 5.92 Å². The smallest absolute Gasteiger partial charge is 0.264 e. The van der Waals surface area contributed by atoms with Crippen LogP contribution in [-0.2, 0) is 22.1 Å². The minimum atomic E-state index is -3.49. The standard InChI is InChI=1S/C22H22ClNO4S2/c1-14(2)7-8-24(12-17-4-3-9-28-17)22(25)19-10-15-13-30(26,27)20-11-16(23)5-6-18(20)21(15)29-19/h3-6,9-11,14H,7-8,12-13H2,1-2H3. The van der Waals surface area contributed by atoms with E-state index in [9.17, 15) is 13.2 Å². The van der Waals surface area contributed by atoms with Crippen LogP contribution in [0.4, 0.5) is 0 Å². The molecule has 3 heterocycles. The van der Waals surface area contributed by atoms with Gasteiger partial charge in [-0.25, -0.2) is 8.42 Å². The molecule has 8 heteroatoms. The van der Waals surface area contributed by atoms with E-state index in [-0.39, 0.29) is 16.6 Å². The fourth-order valence-corrected chi connectivity index (χ4v) is 6.69. The number of hydrogen-bond acceptors (Lipinski definition) is 5. The molecule has 0 saturated carbocycles. The van der Waals surface area contributed by atoms with Gasteiger partial charge >= 0.3 is 0 Å². The van der Waals surface area contributed by atoms with Crippen LogP contribution in [0.1, 0.15) is 41.3 Å². The lowest BCUT2D eigenvalue weighted by atomic mass is 10.1. The number of carbonyl (C=O) groups is 1. The molecule has 2 aromatic heterocycles. The van der Waals surface area contributed by atoms with Gasteiger partial charge < -0.3 is 9.32 Å².